The molecular formula is C12H8Br2N2O3. The predicted molar refractivity (Wildman–Crippen MR) is 75.5 cm³/mol. The van der Waals surface area contributed by atoms with Crippen molar-refractivity contribution in [1.29, 1.82) is 0 Å². The summed E-state index contributed by atoms with van der Waals surface area (Å²) in [6.07, 6.45) is 0. The van der Waals surface area contributed by atoms with Crippen LogP contribution in [-0.2, 0) is 0 Å². The number of carbonyl (C=O) groups is 2. The maximum Gasteiger partial charge on any atom is 0.305 e. The molecule has 1 aromatic carbocycles. The van der Waals surface area contributed by atoms with Crippen LogP contribution in [0, 0.1) is 0 Å². The first kappa shape index (κ1) is 13.8. The zero-order valence-electron chi connectivity index (χ0n) is 9.44. The molecule has 0 unspecified atom stereocenters. The van der Waals surface area contributed by atoms with Gasteiger partial charge in [-0.3, -0.25) is 20.4 Å². The molecule has 0 aliphatic carbocycles. The Kier molecular flexibility index (Phi) is 4.39. The second-order valence-electron chi connectivity index (χ2n) is 3.49. The Balaban J connectivity index is 1.98. The number of benzene rings is 1. The van der Waals surface area contributed by atoms with E-state index in [1.165, 1.54) is 6.07 Å². The van der Waals surface area contributed by atoms with Crippen molar-refractivity contribution < 1.29 is 14.0 Å². The number of hydrogen-bond donors (Lipinski definition) is 2. The largest absolute Gasteiger partial charge is 0.444 e. The Labute approximate surface area is 125 Å². The summed E-state index contributed by atoms with van der Waals surface area (Å²) in [5.41, 5.74) is 4.99. The molecule has 0 aliphatic heterocycles. The Bertz CT molecular complexity index is 625. The molecule has 19 heavy (non-hydrogen) atoms. The summed E-state index contributed by atoms with van der Waals surface area (Å²) in [5.74, 6) is -0.864. The first-order chi connectivity index (χ1) is 9.08. The molecule has 2 aromatic rings. The first-order valence-corrected chi connectivity index (χ1v) is 6.77. The lowest BCUT2D eigenvalue weighted by molar-refractivity contribution is 0.0829. The van der Waals surface area contributed by atoms with E-state index in [0.29, 0.717) is 14.7 Å². The molecule has 98 valence electrons. The Morgan fingerprint density at radius 2 is 1.63 bits per heavy atom. The smallest absolute Gasteiger partial charge is 0.305 e. The van der Waals surface area contributed by atoms with E-state index in [4.69, 9.17) is 4.42 Å². The maximum atomic E-state index is 11.8. The Morgan fingerprint density at radius 3 is 2.26 bits per heavy atom. The standard InChI is InChI=1S/C12H8Br2N2O3/c13-8-4-2-1-3-7(8)11(17)15-16-12(18)9-5-6-10(14)19-9/h1-6H,(H,15,17)(H,16,18). The molecule has 2 N–H and O–H groups in total. The van der Waals surface area contributed by atoms with Gasteiger partial charge in [0.15, 0.2) is 10.4 Å². The monoisotopic (exact) mass is 386 g/mol. The molecular weight excluding hydrogens is 380 g/mol. The average Bonchev–Trinajstić information content (AvgIpc) is 2.83. The number of rotatable bonds is 2. The van der Waals surface area contributed by atoms with Crippen LogP contribution < -0.4 is 10.9 Å². The summed E-state index contributed by atoms with van der Waals surface area (Å²) >= 11 is 6.34. The van der Waals surface area contributed by atoms with E-state index in [9.17, 15) is 9.59 Å². The topological polar surface area (TPSA) is 71.3 Å². The summed E-state index contributed by atoms with van der Waals surface area (Å²) in [5, 5.41) is 0. The van der Waals surface area contributed by atoms with Crippen molar-refractivity contribution in [2.24, 2.45) is 0 Å². The highest BCUT2D eigenvalue weighted by Gasteiger charge is 2.13. The van der Waals surface area contributed by atoms with Gasteiger partial charge in [-0.15, -0.1) is 0 Å². The Morgan fingerprint density at radius 1 is 0.947 bits per heavy atom. The van der Waals surface area contributed by atoms with Crippen molar-refractivity contribution in [1.82, 2.24) is 10.9 Å². The number of amides is 2. The lowest BCUT2D eigenvalue weighted by atomic mass is 10.2. The highest BCUT2D eigenvalue weighted by atomic mass is 79.9. The first-order valence-electron chi connectivity index (χ1n) is 5.18. The second kappa shape index (κ2) is 6.03. The molecule has 0 fully saturated rings. The third-order valence-corrected chi connectivity index (χ3v) is 3.32. The van der Waals surface area contributed by atoms with E-state index >= 15 is 0 Å². The van der Waals surface area contributed by atoms with E-state index in [1.807, 2.05) is 0 Å². The summed E-state index contributed by atoms with van der Waals surface area (Å²) < 4.78 is 6.13. The van der Waals surface area contributed by atoms with Gasteiger partial charge in [-0.1, -0.05) is 12.1 Å². The van der Waals surface area contributed by atoms with Crippen molar-refractivity contribution in [2.75, 3.05) is 0 Å². The molecule has 0 radical (unpaired) electrons. The third kappa shape index (κ3) is 3.45. The average molecular weight is 388 g/mol. The Hall–Kier alpha value is -1.60. The third-order valence-electron chi connectivity index (χ3n) is 2.21. The lowest BCUT2D eigenvalue weighted by Gasteiger charge is -2.07. The van der Waals surface area contributed by atoms with Crippen LogP contribution in [0.4, 0.5) is 0 Å². The molecule has 0 aliphatic rings. The van der Waals surface area contributed by atoms with Gasteiger partial charge < -0.3 is 4.42 Å². The van der Waals surface area contributed by atoms with Gasteiger partial charge in [-0.25, -0.2) is 0 Å². The normalized spacial score (nSPS) is 10.0. The number of hydrogen-bond acceptors (Lipinski definition) is 3. The van der Waals surface area contributed by atoms with Gasteiger partial charge in [-0.2, -0.15) is 0 Å². The number of carbonyl (C=O) groups excluding carboxylic acids is 2. The second-order valence-corrected chi connectivity index (χ2v) is 5.13. The molecule has 0 atom stereocenters. The molecule has 5 nitrogen and oxygen atoms in total. The van der Waals surface area contributed by atoms with Gasteiger partial charge in [0.2, 0.25) is 0 Å². The molecule has 0 saturated heterocycles. The lowest BCUT2D eigenvalue weighted by Crippen LogP contribution is -2.41. The quantitative estimate of drug-likeness (QED) is 0.778. The molecule has 1 aromatic heterocycles. The highest BCUT2D eigenvalue weighted by Crippen LogP contribution is 2.15. The van der Waals surface area contributed by atoms with Gasteiger partial charge >= 0.3 is 5.91 Å². The fourth-order valence-corrected chi connectivity index (χ4v) is 2.10. The minimum Gasteiger partial charge on any atom is -0.444 e. The van der Waals surface area contributed by atoms with Gasteiger partial charge in [0.1, 0.15) is 0 Å². The molecule has 7 heteroatoms. The van der Waals surface area contributed by atoms with Gasteiger partial charge in [0.25, 0.3) is 5.91 Å². The van der Waals surface area contributed by atoms with Crippen molar-refractivity contribution in [3.05, 3.63) is 56.9 Å². The fraction of sp³-hybridized carbons (Fsp3) is 0. The number of furan rings is 1. The van der Waals surface area contributed by atoms with Crippen molar-refractivity contribution in [3.8, 4) is 0 Å². The van der Waals surface area contributed by atoms with Gasteiger partial charge in [0.05, 0.1) is 5.56 Å². The van der Waals surface area contributed by atoms with Crippen molar-refractivity contribution >= 4 is 43.7 Å². The molecule has 0 saturated carbocycles. The zero-order valence-corrected chi connectivity index (χ0v) is 12.6. The summed E-state index contributed by atoms with van der Waals surface area (Å²) in [7, 11) is 0. The summed E-state index contributed by atoms with van der Waals surface area (Å²) in [6, 6.07) is 9.97. The number of halogens is 2. The molecule has 1 heterocycles. The van der Waals surface area contributed by atoms with Crippen LogP contribution in [-0.4, -0.2) is 11.8 Å². The minimum absolute atomic E-state index is 0.0966. The maximum absolute atomic E-state index is 11.8. The minimum atomic E-state index is -0.536. The molecule has 2 amide bonds. The van der Waals surface area contributed by atoms with Crippen molar-refractivity contribution in [3.63, 3.8) is 0 Å². The molecule has 0 spiro atoms. The van der Waals surface area contributed by atoms with Gasteiger partial charge in [0, 0.05) is 4.47 Å². The predicted octanol–water partition coefficient (Wildman–Crippen LogP) is 2.88. The van der Waals surface area contributed by atoms with E-state index in [-0.39, 0.29) is 5.76 Å². The fourth-order valence-electron chi connectivity index (χ4n) is 1.32. The molecule has 2 rings (SSSR count). The van der Waals surface area contributed by atoms with E-state index in [1.54, 1.807) is 30.3 Å². The van der Waals surface area contributed by atoms with E-state index in [0.717, 1.165) is 0 Å². The number of hydrazine groups is 1. The van der Waals surface area contributed by atoms with Crippen LogP contribution in [0.5, 0.6) is 0 Å². The van der Waals surface area contributed by atoms with Crippen LogP contribution in [0.25, 0.3) is 0 Å². The van der Waals surface area contributed by atoms with Crippen LogP contribution >= 0.6 is 31.9 Å². The number of nitrogens with one attached hydrogen (secondary N) is 2. The van der Waals surface area contributed by atoms with E-state index in [2.05, 4.69) is 42.7 Å². The van der Waals surface area contributed by atoms with Gasteiger partial charge in [-0.05, 0) is 56.1 Å². The van der Waals surface area contributed by atoms with Crippen LogP contribution in [0.2, 0.25) is 0 Å². The van der Waals surface area contributed by atoms with Crippen molar-refractivity contribution in [2.45, 2.75) is 0 Å². The zero-order chi connectivity index (χ0) is 13.8. The van der Waals surface area contributed by atoms with Crippen LogP contribution in [0.3, 0.4) is 0 Å². The van der Waals surface area contributed by atoms with E-state index < -0.39 is 11.8 Å². The molecule has 0 bridgehead atoms. The summed E-state index contributed by atoms with van der Waals surface area (Å²) in [4.78, 5) is 23.4. The summed E-state index contributed by atoms with van der Waals surface area (Å²) in [6.45, 7) is 0. The SMILES string of the molecule is O=C(NNC(=O)c1ccccc1Br)c1ccc(Br)o1. The van der Waals surface area contributed by atoms with Crippen LogP contribution in [0.15, 0.2) is 50.0 Å². The highest BCUT2D eigenvalue weighted by molar-refractivity contribution is 9.10. The van der Waals surface area contributed by atoms with Crippen LogP contribution in [0.1, 0.15) is 20.9 Å².